The van der Waals surface area contributed by atoms with E-state index in [0.29, 0.717) is 0 Å². The minimum absolute atomic E-state index is 0.0452. The van der Waals surface area contributed by atoms with Gasteiger partial charge in [-0.15, -0.1) is 0 Å². The van der Waals surface area contributed by atoms with E-state index in [1.807, 2.05) is 30.3 Å². The molecule has 8 heteroatoms. The highest BCUT2D eigenvalue weighted by molar-refractivity contribution is 7.94. The van der Waals surface area contributed by atoms with E-state index in [-0.39, 0.29) is 24.7 Å². The van der Waals surface area contributed by atoms with Gasteiger partial charge < -0.3 is 19.3 Å². The van der Waals surface area contributed by atoms with Gasteiger partial charge in [0.1, 0.15) is 12.4 Å². The molecule has 1 aromatic rings. The summed E-state index contributed by atoms with van der Waals surface area (Å²) >= 11 is 5.16. The Morgan fingerprint density at radius 3 is 2.63 bits per heavy atom. The fraction of sp³-hybridized carbons (Fsp3) is 0.579. The van der Waals surface area contributed by atoms with Crippen LogP contribution in [0, 0.1) is 5.92 Å². The van der Waals surface area contributed by atoms with Crippen LogP contribution >= 0.6 is 11.6 Å². The number of ether oxygens (including phenoxy) is 1. The summed E-state index contributed by atoms with van der Waals surface area (Å²) in [5.41, 5.74) is -0.437. The Bertz CT molecular complexity index is 725. The van der Waals surface area contributed by atoms with E-state index in [1.165, 1.54) is 4.90 Å². The number of esters is 1. The van der Waals surface area contributed by atoms with Crippen LogP contribution in [0.1, 0.15) is 32.8 Å². The Morgan fingerprint density at radius 2 is 2.07 bits per heavy atom. The minimum Gasteiger partial charge on any atom is -0.615 e. The molecule has 1 aromatic carbocycles. The van der Waals surface area contributed by atoms with Crippen LogP contribution in [-0.2, 0) is 32.1 Å². The molecule has 27 heavy (non-hydrogen) atoms. The van der Waals surface area contributed by atoms with Crippen molar-refractivity contribution in [1.82, 2.24) is 4.90 Å². The van der Waals surface area contributed by atoms with Crippen molar-refractivity contribution < 1.29 is 24.0 Å². The van der Waals surface area contributed by atoms with Crippen LogP contribution in [-0.4, -0.2) is 54.1 Å². The smallest absolute Gasteiger partial charge is 0.336 e. The van der Waals surface area contributed by atoms with Crippen LogP contribution in [0.4, 0.5) is 0 Å². The normalized spacial score (nSPS) is 31.3. The van der Waals surface area contributed by atoms with Crippen molar-refractivity contribution in [1.29, 1.82) is 0 Å². The molecule has 0 radical (unpaired) electrons. The van der Waals surface area contributed by atoms with Crippen molar-refractivity contribution in [3.05, 3.63) is 35.9 Å². The lowest BCUT2D eigenvalue weighted by Crippen LogP contribution is -2.68. The molecule has 1 amide bonds. The molecule has 3 rings (SSSR count). The first kappa shape index (κ1) is 20.5. The maximum Gasteiger partial charge on any atom is 0.336 e. The largest absolute Gasteiger partial charge is 0.615 e. The topological polar surface area (TPSA) is 89.9 Å². The van der Waals surface area contributed by atoms with E-state index in [4.69, 9.17) is 16.3 Å². The molecule has 2 aliphatic rings. The summed E-state index contributed by atoms with van der Waals surface area (Å²) in [6.45, 7) is 4.88. The fourth-order valence-electron chi connectivity index (χ4n) is 4.03. The van der Waals surface area contributed by atoms with Gasteiger partial charge in [-0.1, -0.05) is 41.9 Å². The number of halogens is 1. The molecule has 148 valence electrons. The molecule has 2 heterocycles. The molecule has 2 aliphatic heterocycles. The van der Waals surface area contributed by atoms with Crippen LogP contribution < -0.4 is 0 Å². The summed E-state index contributed by atoms with van der Waals surface area (Å²) in [6.07, 6.45) is 0.181. The van der Waals surface area contributed by atoms with Crippen molar-refractivity contribution in [3.63, 3.8) is 0 Å². The number of aliphatic hydroxyl groups is 1. The van der Waals surface area contributed by atoms with E-state index in [0.717, 1.165) is 5.56 Å². The molecule has 0 bridgehead atoms. The molecule has 2 fully saturated rings. The standard InChI is InChI=1S/C19H24ClNO5S/c1-4-27(25)19(20)10-13-14(18(2,3)24)16(22)21(13)15(19)17(23)26-11-12-8-6-5-7-9-12/h5-9,13-15,24H,4,10-11H2,1-3H3/t13?,14?,15-,19?,27?/m0/s1. The molecule has 0 aromatic heterocycles. The number of nitrogens with zero attached hydrogens (tertiary/aromatic N) is 1. The van der Waals surface area contributed by atoms with Crippen LogP contribution in [0.3, 0.4) is 0 Å². The van der Waals surface area contributed by atoms with Crippen molar-refractivity contribution in [2.24, 2.45) is 5.92 Å². The Morgan fingerprint density at radius 1 is 1.44 bits per heavy atom. The Hall–Kier alpha value is -1.28. The summed E-state index contributed by atoms with van der Waals surface area (Å²) in [5, 5.41) is 10.3. The average molecular weight is 414 g/mol. The number of fused-ring (bicyclic) bond motifs is 1. The third-order valence-corrected chi connectivity index (χ3v) is 7.83. The maximum atomic E-state index is 12.8. The number of carbonyl (C=O) groups is 2. The summed E-state index contributed by atoms with van der Waals surface area (Å²) < 4.78 is 16.7. The molecule has 6 nitrogen and oxygen atoms in total. The highest BCUT2D eigenvalue weighted by Crippen LogP contribution is 2.53. The van der Waals surface area contributed by atoms with E-state index in [9.17, 15) is 19.2 Å². The zero-order chi connectivity index (χ0) is 20.0. The number of benzene rings is 1. The Kier molecular flexibility index (Phi) is 5.51. The van der Waals surface area contributed by atoms with Crippen LogP contribution in [0.2, 0.25) is 0 Å². The molecule has 5 atom stereocenters. The van der Waals surface area contributed by atoms with Gasteiger partial charge in [-0.05, 0) is 37.5 Å². The van der Waals surface area contributed by atoms with Crippen LogP contribution in [0.5, 0.6) is 0 Å². The monoisotopic (exact) mass is 413 g/mol. The van der Waals surface area contributed by atoms with Gasteiger partial charge in [0.2, 0.25) is 10.1 Å². The van der Waals surface area contributed by atoms with Crippen LogP contribution in [0.25, 0.3) is 0 Å². The minimum atomic E-state index is -1.54. The van der Waals surface area contributed by atoms with Gasteiger partial charge in [-0.3, -0.25) is 4.79 Å². The lowest BCUT2D eigenvalue weighted by molar-refractivity contribution is -0.179. The molecular formula is C19H24ClNO5S. The highest BCUT2D eigenvalue weighted by Gasteiger charge is 2.72. The molecule has 0 spiro atoms. The second-order valence-corrected chi connectivity index (χ2v) is 10.5. The van der Waals surface area contributed by atoms with Gasteiger partial charge in [-0.25, -0.2) is 4.79 Å². The first-order chi connectivity index (χ1) is 12.6. The van der Waals surface area contributed by atoms with Gasteiger partial charge in [0.05, 0.1) is 17.6 Å². The SMILES string of the molecule is CC[S+]([O-])C1(Cl)CC2C(C(C)(C)O)C(=O)N2[C@H]1C(=O)OCc1ccccc1. The first-order valence-electron chi connectivity index (χ1n) is 8.93. The molecular weight excluding hydrogens is 390 g/mol. The van der Waals surface area contributed by atoms with Gasteiger partial charge in [0.25, 0.3) is 0 Å². The van der Waals surface area contributed by atoms with E-state index in [2.05, 4.69) is 0 Å². The Balaban J connectivity index is 1.84. The second-order valence-electron chi connectivity index (χ2n) is 7.56. The Labute approximate surface area is 167 Å². The third kappa shape index (κ3) is 3.46. The molecule has 0 aliphatic carbocycles. The maximum absolute atomic E-state index is 12.8. The molecule has 2 saturated heterocycles. The lowest BCUT2D eigenvalue weighted by Gasteiger charge is -2.48. The van der Waals surface area contributed by atoms with Crippen molar-refractivity contribution in [2.75, 3.05) is 5.75 Å². The lowest BCUT2D eigenvalue weighted by atomic mass is 9.76. The summed E-state index contributed by atoms with van der Waals surface area (Å²) in [7, 11) is 0. The molecule has 1 N–H and O–H groups in total. The molecule has 0 saturated carbocycles. The van der Waals surface area contributed by atoms with Gasteiger partial charge in [0.15, 0.2) is 6.04 Å². The van der Waals surface area contributed by atoms with E-state index >= 15 is 0 Å². The number of β-lactam (4-membered cyclic amide) rings is 1. The second kappa shape index (κ2) is 7.28. The van der Waals surface area contributed by atoms with Gasteiger partial charge in [0, 0.05) is 6.42 Å². The van der Waals surface area contributed by atoms with Crippen molar-refractivity contribution in [2.45, 2.75) is 55.7 Å². The van der Waals surface area contributed by atoms with E-state index in [1.54, 1.807) is 20.8 Å². The van der Waals surface area contributed by atoms with Crippen LogP contribution in [0.15, 0.2) is 30.3 Å². The van der Waals surface area contributed by atoms with E-state index < -0.39 is 45.0 Å². The van der Waals surface area contributed by atoms with Crippen molar-refractivity contribution in [3.8, 4) is 0 Å². The summed E-state index contributed by atoms with van der Waals surface area (Å²) in [5.74, 6) is -1.43. The number of carbonyl (C=O) groups excluding carboxylic acids is 2. The predicted molar refractivity (Wildman–Crippen MR) is 102 cm³/mol. The number of hydrogen-bond donors (Lipinski definition) is 1. The van der Waals surface area contributed by atoms with Gasteiger partial charge in [-0.2, -0.15) is 0 Å². The number of rotatable bonds is 6. The quantitative estimate of drug-likeness (QED) is 0.332. The number of amides is 1. The van der Waals surface area contributed by atoms with Gasteiger partial charge >= 0.3 is 5.97 Å². The summed E-state index contributed by atoms with van der Waals surface area (Å²) in [6, 6.07) is 7.61. The zero-order valence-corrected chi connectivity index (χ0v) is 17.1. The molecule has 4 unspecified atom stereocenters. The highest BCUT2D eigenvalue weighted by atomic mass is 35.5. The average Bonchev–Trinajstić information content (AvgIpc) is 2.88. The number of alkyl halides is 1. The third-order valence-electron chi connectivity index (χ3n) is 5.29. The first-order valence-corrected chi connectivity index (χ1v) is 10.6. The zero-order valence-electron chi connectivity index (χ0n) is 15.6. The summed E-state index contributed by atoms with van der Waals surface area (Å²) in [4.78, 5) is 26.9. The predicted octanol–water partition coefficient (Wildman–Crippen LogP) is 1.80. The number of hydrogen-bond acceptors (Lipinski definition) is 5. The van der Waals surface area contributed by atoms with Crippen molar-refractivity contribution >= 4 is 34.7 Å². The fourth-order valence-corrected chi connectivity index (χ4v) is 6.01.